The number of carbonyl (C=O) groups is 1. The van der Waals surface area contributed by atoms with Gasteiger partial charge in [0.1, 0.15) is 16.8 Å². The van der Waals surface area contributed by atoms with Gasteiger partial charge < -0.3 is 10.1 Å². The van der Waals surface area contributed by atoms with Crippen molar-refractivity contribution in [1.29, 1.82) is 0 Å². The zero-order chi connectivity index (χ0) is 24.5. The summed E-state index contributed by atoms with van der Waals surface area (Å²) in [6, 6.07) is 12.2. The highest BCUT2D eigenvalue weighted by molar-refractivity contribution is 7.17. The van der Waals surface area contributed by atoms with Gasteiger partial charge >= 0.3 is 0 Å². The lowest BCUT2D eigenvalue weighted by Gasteiger charge is -2.11. The number of aryl methyl sites for hydroxylation is 1. The molecule has 3 aromatic heterocycles. The standard InChI is InChI=1S/C24H15F2N5O3S/c1-13-9-20(32)31(16-4-2-3-14(25)10-16)30-21(13)23(33)29-15-5-6-19(17(26)11-15)34-24-22-18(7-8-35-22)27-12-28-24/h2-12H,1H3,(H,29,33). The third-order valence-electron chi connectivity index (χ3n) is 5.00. The van der Waals surface area contributed by atoms with E-state index in [2.05, 4.69) is 20.4 Å². The average molecular weight is 491 g/mol. The smallest absolute Gasteiger partial charge is 0.276 e. The molecule has 0 saturated carbocycles. The van der Waals surface area contributed by atoms with Crippen molar-refractivity contribution in [3.05, 3.63) is 99.6 Å². The van der Waals surface area contributed by atoms with Crippen LogP contribution in [0.2, 0.25) is 0 Å². The number of fused-ring (bicyclic) bond motifs is 1. The number of nitrogens with one attached hydrogen (secondary N) is 1. The zero-order valence-electron chi connectivity index (χ0n) is 18.0. The number of amides is 1. The summed E-state index contributed by atoms with van der Waals surface area (Å²) in [4.78, 5) is 33.4. The summed E-state index contributed by atoms with van der Waals surface area (Å²) in [5.74, 6) is -1.80. The van der Waals surface area contributed by atoms with E-state index in [1.165, 1.54) is 54.1 Å². The molecule has 8 nitrogen and oxygen atoms in total. The normalized spacial score (nSPS) is 10.9. The Bertz CT molecular complexity index is 1650. The molecule has 2 aromatic carbocycles. The van der Waals surface area contributed by atoms with Gasteiger partial charge in [0.15, 0.2) is 17.3 Å². The van der Waals surface area contributed by atoms with E-state index in [1.54, 1.807) is 13.0 Å². The molecule has 11 heteroatoms. The molecular weight excluding hydrogens is 476 g/mol. The number of anilines is 1. The molecule has 0 fully saturated rings. The lowest BCUT2D eigenvalue weighted by Crippen LogP contribution is -2.26. The molecule has 1 amide bonds. The number of hydrogen-bond donors (Lipinski definition) is 1. The van der Waals surface area contributed by atoms with Gasteiger partial charge in [-0.25, -0.2) is 18.7 Å². The summed E-state index contributed by atoms with van der Waals surface area (Å²) in [5.41, 5.74) is 0.711. The van der Waals surface area contributed by atoms with Crippen LogP contribution in [-0.2, 0) is 0 Å². The summed E-state index contributed by atoms with van der Waals surface area (Å²) in [6.45, 7) is 1.55. The van der Waals surface area contributed by atoms with Gasteiger partial charge in [-0.05, 0) is 54.3 Å². The number of thiophene rings is 1. The maximum atomic E-state index is 14.8. The Balaban J connectivity index is 1.39. The molecule has 5 aromatic rings. The van der Waals surface area contributed by atoms with Gasteiger partial charge in [-0.15, -0.1) is 11.3 Å². The molecular formula is C24H15F2N5O3S. The third-order valence-corrected chi connectivity index (χ3v) is 5.89. The summed E-state index contributed by atoms with van der Waals surface area (Å²) < 4.78 is 35.6. The highest BCUT2D eigenvalue weighted by Gasteiger charge is 2.17. The van der Waals surface area contributed by atoms with E-state index in [1.807, 2.05) is 5.38 Å². The quantitative estimate of drug-likeness (QED) is 0.377. The SMILES string of the molecule is Cc1cc(=O)n(-c2cccc(F)c2)nc1C(=O)Nc1ccc(Oc2ncnc3ccsc23)c(F)c1. The van der Waals surface area contributed by atoms with Crippen molar-refractivity contribution in [1.82, 2.24) is 19.7 Å². The van der Waals surface area contributed by atoms with E-state index in [-0.39, 0.29) is 28.7 Å². The minimum absolute atomic E-state index is 0.0735. The summed E-state index contributed by atoms with van der Waals surface area (Å²) in [7, 11) is 0. The topological polar surface area (TPSA) is 99.0 Å². The summed E-state index contributed by atoms with van der Waals surface area (Å²) in [5, 5.41) is 8.48. The van der Waals surface area contributed by atoms with Crippen molar-refractivity contribution in [2.75, 3.05) is 5.32 Å². The molecule has 0 aliphatic carbocycles. The van der Waals surface area contributed by atoms with E-state index in [9.17, 15) is 18.4 Å². The van der Waals surface area contributed by atoms with Gasteiger partial charge in [-0.1, -0.05) is 6.07 Å². The molecule has 1 N–H and O–H groups in total. The van der Waals surface area contributed by atoms with Crippen molar-refractivity contribution in [3.8, 4) is 17.3 Å². The van der Waals surface area contributed by atoms with E-state index in [0.717, 1.165) is 16.8 Å². The van der Waals surface area contributed by atoms with Crippen LogP contribution in [-0.4, -0.2) is 25.7 Å². The van der Waals surface area contributed by atoms with Crippen molar-refractivity contribution in [2.45, 2.75) is 6.92 Å². The van der Waals surface area contributed by atoms with Crippen LogP contribution in [0.5, 0.6) is 11.6 Å². The number of halogens is 2. The van der Waals surface area contributed by atoms with Crippen LogP contribution in [0.25, 0.3) is 15.9 Å². The maximum absolute atomic E-state index is 14.8. The van der Waals surface area contributed by atoms with Crippen molar-refractivity contribution < 1.29 is 18.3 Å². The Morgan fingerprint density at radius 2 is 1.94 bits per heavy atom. The van der Waals surface area contributed by atoms with Crippen LogP contribution >= 0.6 is 11.3 Å². The molecule has 0 atom stereocenters. The van der Waals surface area contributed by atoms with Gasteiger partial charge in [0, 0.05) is 17.8 Å². The molecule has 0 spiro atoms. The molecule has 0 aliphatic heterocycles. The minimum atomic E-state index is -0.722. The Labute approximate surface area is 200 Å². The molecule has 5 rings (SSSR count). The number of nitrogens with zero attached hydrogens (tertiary/aromatic N) is 4. The maximum Gasteiger partial charge on any atom is 0.276 e. The zero-order valence-corrected chi connectivity index (χ0v) is 18.8. The fraction of sp³-hybridized carbons (Fsp3) is 0.0417. The first-order valence-corrected chi connectivity index (χ1v) is 11.1. The average Bonchev–Trinajstić information content (AvgIpc) is 3.31. The highest BCUT2D eigenvalue weighted by Crippen LogP contribution is 2.32. The van der Waals surface area contributed by atoms with Crippen LogP contribution in [0.15, 0.2) is 71.1 Å². The second-order valence-corrected chi connectivity index (χ2v) is 8.34. The van der Waals surface area contributed by atoms with E-state index >= 15 is 0 Å². The predicted octanol–water partition coefficient (Wildman–Crippen LogP) is 4.87. The van der Waals surface area contributed by atoms with Crippen molar-refractivity contribution in [3.63, 3.8) is 0 Å². The predicted molar refractivity (Wildman–Crippen MR) is 126 cm³/mol. The lowest BCUT2D eigenvalue weighted by atomic mass is 10.2. The molecule has 0 unspecified atom stereocenters. The molecule has 35 heavy (non-hydrogen) atoms. The van der Waals surface area contributed by atoms with Gasteiger partial charge in [0.2, 0.25) is 5.88 Å². The second-order valence-electron chi connectivity index (χ2n) is 7.42. The van der Waals surface area contributed by atoms with Crippen molar-refractivity contribution >= 4 is 33.1 Å². The first-order chi connectivity index (χ1) is 16.9. The lowest BCUT2D eigenvalue weighted by molar-refractivity contribution is 0.102. The third kappa shape index (κ3) is 4.49. The van der Waals surface area contributed by atoms with Gasteiger partial charge in [-0.2, -0.15) is 9.78 Å². The van der Waals surface area contributed by atoms with Crippen LogP contribution in [0.4, 0.5) is 14.5 Å². The van der Waals surface area contributed by atoms with Crippen LogP contribution < -0.4 is 15.6 Å². The Kier molecular flexibility index (Phi) is 5.75. The van der Waals surface area contributed by atoms with Crippen LogP contribution in [0.3, 0.4) is 0 Å². The number of aromatic nitrogens is 4. The number of rotatable bonds is 5. The summed E-state index contributed by atoms with van der Waals surface area (Å²) in [6.07, 6.45) is 1.33. The van der Waals surface area contributed by atoms with Gasteiger partial charge in [0.25, 0.3) is 11.5 Å². The molecule has 174 valence electrons. The van der Waals surface area contributed by atoms with Crippen molar-refractivity contribution in [2.24, 2.45) is 0 Å². The molecule has 0 radical (unpaired) electrons. The molecule has 0 bridgehead atoms. The number of ether oxygens (including phenoxy) is 1. The summed E-state index contributed by atoms with van der Waals surface area (Å²) >= 11 is 1.37. The fourth-order valence-electron chi connectivity index (χ4n) is 3.36. The monoisotopic (exact) mass is 491 g/mol. The second kappa shape index (κ2) is 9.03. The Morgan fingerprint density at radius 1 is 1.09 bits per heavy atom. The largest absolute Gasteiger partial charge is 0.434 e. The Hall–Kier alpha value is -4.51. The van der Waals surface area contributed by atoms with Crippen LogP contribution in [0.1, 0.15) is 16.1 Å². The number of carbonyl (C=O) groups excluding carboxylic acids is 1. The highest BCUT2D eigenvalue weighted by atomic mass is 32.1. The van der Waals surface area contributed by atoms with Gasteiger partial charge in [-0.3, -0.25) is 9.59 Å². The fourth-order valence-corrected chi connectivity index (χ4v) is 4.12. The molecule has 3 heterocycles. The van der Waals surface area contributed by atoms with Gasteiger partial charge in [0.05, 0.1) is 11.2 Å². The number of benzene rings is 2. The Morgan fingerprint density at radius 3 is 2.74 bits per heavy atom. The number of hydrogen-bond acceptors (Lipinski definition) is 7. The first kappa shape index (κ1) is 22.3. The van der Waals surface area contributed by atoms with Crippen LogP contribution in [0, 0.1) is 18.6 Å². The van der Waals surface area contributed by atoms with E-state index in [4.69, 9.17) is 4.74 Å². The van der Waals surface area contributed by atoms with E-state index in [0.29, 0.717) is 15.8 Å². The molecule has 0 saturated heterocycles. The first-order valence-electron chi connectivity index (χ1n) is 10.2. The minimum Gasteiger partial charge on any atom is -0.434 e. The molecule has 0 aliphatic rings. The van der Waals surface area contributed by atoms with E-state index < -0.39 is 23.1 Å².